The fourth-order valence-electron chi connectivity index (χ4n) is 2.33. The van der Waals surface area contributed by atoms with E-state index in [1.807, 2.05) is 29.9 Å². The molecular formula is C19H16ClN5O2. The van der Waals surface area contributed by atoms with Crippen molar-refractivity contribution in [2.24, 2.45) is 12.1 Å². The fourth-order valence-corrected chi connectivity index (χ4v) is 2.50. The predicted molar refractivity (Wildman–Crippen MR) is 104 cm³/mol. The Balaban J connectivity index is 1.77. The summed E-state index contributed by atoms with van der Waals surface area (Å²) >= 11 is 6.01. The smallest absolute Gasteiger partial charge is 0.273 e. The molecule has 0 aliphatic carbocycles. The van der Waals surface area contributed by atoms with Gasteiger partial charge in [0.15, 0.2) is 0 Å². The first-order valence-electron chi connectivity index (χ1n) is 8.00. The van der Waals surface area contributed by atoms with Gasteiger partial charge in [0.05, 0.1) is 28.7 Å². The van der Waals surface area contributed by atoms with Gasteiger partial charge in [0.2, 0.25) is 0 Å². The van der Waals surface area contributed by atoms with Gasteiger partial charge in [-0.1, -0.05) is 11.6 Å². The molecule has 0 spiro atoms. The zero-order valence-corrected chi connectivity index (χ0v) is 15.1. The van der Waals surface area contributed by atoms with Crippen molar-refractivity contribution in [3.05, 3.63) is 82.9 Å². The summed E-state index contributed by atoms with van der Waals surface area (Å²) in [5, 5.41) is 7.01. The highest BCUT2D eigenvalue weighted by atomic mass is 35.5. The molecule has 1 aromatic carbocycles. The van der Waals surface area contributed by atoms with Crippen LogP contribution in [0.2, 0.25) is 5.02 Å². The second-order valence-electron chi connectivity index (χ2n) is 5.63. The van der Waals surface area contributed by atoms with E-state index in [9.17, 15) is 9.59 Å². The standard InChI is InChI=1S/C19H16ClN5O2/c1-25-9-3-5-15(25)12-22-24-19(27)16-10-14(20)6-7-17(16)23-18(26)13-4-2-8-21-11-13/h2-12H,1H3,(H,23,26)(H,24,27)/b22-12+. The van der Waals surface area contributed by atoms with Gasteiger partial charge in [-0.15, -0.1) is 0 Å². The number of nitrogens with zero attached hydrogens (tertiary/aromatic N) is 3. The number of aromatic nitrogens is 2. The molecule has 0 unspecified atom stereocenters. The van der Waals surface area contributed by atoms with E-state index in [0.29, 0.717) is 16.3 Å². The Morgan fingerprint density at radius 1 is 1.19 bits per heavy atom. The van der Waals surface area contributed by atoms with Crippen molar-refractivity contribution in [1.29, 1.82) is 0 Å². The molecule has 0 radical (unpaired) electrons. The molecule has 3 aromatic rings. The van der Waals surface area contributed by atoms with Crippen LogP contribution in [0.15, 0.2) is 66.2 Å². The zero-order valence-electron chi connectivity index (χ0n) is 14.4. The molecule has 0 aliphatic rings. The molecule has 8 heteroatoms. The third-order valence-corrected chi connectivity index (χ3v) is 3.98. The average Bonchev–Trinajstić information content (AvgIpc) is 3.08. The first-order valence-corrected chi connectivity index (χ1v) is 8.38. The van der Waals surface area contributed by atoms with Gasteiger partial charge >= 0.3 is 0 Å². The minimum Gasteiger partial charge on any atom is -0.350 e. The lowest BCUT2D eigenvalue weighted by atomic mass is 10.1. The Kier molecular flexibility index (Phi) is 5.63. The van der Waals surface area contributed by atoms with E-state index in [4.69, 9.17) is 11.6 Å². The third kappa shape index (κ3) is 4.59. The van der Waals surface area contributed by atoms with E-state index in [0.717, 1.165) is 5.69 Å². The number of hydrazone groups is 1. The van der Waals surface area contributed by atoms with Crippen molar-refractivity contribution in [2.75, 3.05) is 5.32 Å². The minimum absolute atomic E-state index is 0.198. The molecule has 0 saturated heterocycles. The molecular weight excluding hydrogens is 366 g/mol. The normalized spacial score (nSPS) is 10.7. The SMILES string of the molecule is Cn1cccc1/C=N/NC(=O)c1cc(Cl)ccc1NC(=O)c1cccnc1. The fraction of sp³-hybridized carbons (Fsp3) is 0.0526. The second-order valence-corrected chi connectivity index (χ2v) is 6.07. The van der Waals surface area contributed by atoms with Crippen LogP contribution in [-0.4, -0.2) is 27.6 Å². The van der Waals surface area contributed by atoms with Crippen LogP contribution < -0.4 is 10.7 Å². The Bertz CT molecular complexity index is 998. The number of aryl methyl sites for hydroxylation is 1. The van der Waals surface area contributed by atoms with Crippen LogP contribution in [0.25, 0.3) is 0 Å². The summed E-state index contributed by atoms with van der Waals surface area (Å²) in [5.41, 5.74) is 4.16. The van der Waals surface area contributed by atoms with E-state index in [1.54, 1.807) is 30.5 Å². The lowest BCUT2D eigenvalue weighted by Gasteiger charge is -2.10. The molecule has 0 atom stereocenters. The van der Waals surface area contributed by atoms with Gasteiger partial charge in [-0.3, -0.25) is 14.6 Å². The van der Waals surface area contributed by atoms with E-state index in [1.165, 1.54) is 18.5 Å². The maximum atomic E-state index is 12.5. The summed E-state index contributed by atoms with van der Waals surface area (Å²) in [6, 6.07) is 11.6. The molecule has 0 fully saturated rings. The maximum Gasteiger partial charge on any atom is 0.273 e. The van der Waals surface area contributed by atoms with E-state index < -0.39 is 5.91 Å². The van der Waals surface area contributed by atoms with Crippen molar-refractivity contribution < 1.29 is 9.59 Å². The Hall–Kier alpha value is -3.45. The summed E-state index contributed by atoms with van der Waals surface area (Å²) < 4.78 is 1.86. The van der Waals surface area contributed by atoms with Crippen LogP contribution >= 0.6 is 11.6 Å². The van der Waals surface area contributed by atoms with Gasteiger partial charge in [0, 0.05) is 30.7 Å². The van der Waals surface area contributed by atoms with E-state index >= 15 is 0 Å². The molecule has 27 heavy (non-hydrogen) atoms. The summed E-state index contributed by atoms with van der Waals surface area (Å²) in [4.78, 5) is 28.7. The molecule has 2 N–H and O–H groups in total. The molecule has 0 aliphatic heterocycles. The Morgan fingerprint density at radius 2 is 2.04 bits per heavy atom. The Morgan fingerprint density at radius 3 is 2.74 bits per heavy atom. The molecule has 2 aromatic heterocycles. The van der Waals surface area contributed by atoms with Gasteiger partial charge in [0.25, 0.3) is 11.8 Å². The zero-order chi connectivity index (χ0) is 19.2. The average molecular weight is 382 g/mol. The second kappa shape index (κ2) is 8.29. The number of rotatable bonds is 5. The number of carbonyl (C=O) groups excluding carboxylic acids is 2. The summed E-state index contributed by atoms with van der Waals surface area (Å²) in [6.07, 6.45) is 6.40. The maximum absolute atomic E-state index is 12.5. The van der Waals surface area contributed by atoms with Crippen LogP contribution in [0, 0.1) is 0 Å². The first-order chi connectivity index (χ1) is 13.0. The van der Waals surface area contributed by atoms with Crippen LogP contribution in [0.3, 0.4) is 0 Å². The minimum atomic E-state index is -0.496. The van der Waals surface area contributed by atoms with Crippen molar-refractivity contribution in [1.82, 2.24) is 15.0 Å². The molecule has 0 bridgehead atoms. The monoisotopic (exact) mass is 381 g/mol. The highest BCUT2D eigenvalue weighted by Crippen LogP contribution is 2.21. The van der Waals surface area contributed by atoms with Crippen molar-refractivity contribution >= 4 is 35.3 Å². The summed E-state index contributed by atoms with van der Waals surface area (Å²) in [5.74, 6) is -0.878. The van der Waals surface area contributed by atoms with Crippen LogP contribution in [0.5, 0.6) is 0 Å². The van der Waals surface area contributed by atoms with Gasteiger partial charge in [-0.2, -0.15) is 5.10 Å². The van der Waals surface area contributed by atoms with Crippen LogP contribution in [0.4, 0.5) is 5.69 Å². The van der Waals surface area contributed by atoms with Crippen LogP contribution in [0.1, 0.15) is 26.4 Å². The van der Waals surface area contributed by atoms with Crippen molar-refractivity contribution in [2.45, 2.75) is 0 Å². The number of carbonyl (C=O) groups is 2. The predicted octanol–water partition coefficient (Wildman–Crippen LogP) is 3.09. The number of pyridine rings is 1. The molecule has 3 rings (SSSR count). The van der Waals surface area contributed by atoms with Gasteiger partial charge < -0.3 is 9.88 Å². The lowest BCUT2D eigenvalue weighted by Crippen LogP contribution is -2.21. The number of anilines is 1. The van der Waals surface area contributed by atoms with E-state index in [2.05, 4.69) is 20.8 Å². The summed E-state index contributed by atoms with van der Waals surface area (Å²) in [7, 11) is 1.87. The number of hydrogen-bond donors (Lipinski definition) is 2. The topological polar surface area (TPSA) is 88.4 Å². The highest BCUT2D eigenvalue weighted by molar-refractivity contribution is 6.31. The quantitative estimate of drug-likeness (QED) is 0.525. The first kappa shape index (κ1) is 18.3. The van der Waals surface area contributed by atoms with Gasteiger partial charge in [0.1, 0.15) is 0 Å². The Labute approximate surface area is 160 Å². The molecule has 2 heterocycles. The largest absolute Gasteiger partial charge is 0.350 e. The highest BCUT2D eigenvalue weighted by Gasteiger charge is 2.15. The van der Waals surface area contributed by atoms with Crippen LogP contribution in [-0.2, 0) is 7.05 Å². The number of benzene rings is 1. The van der Waals surface area contributed by atoms with Gasteiger partial charge in [-0.25, -0.2) is 5.43 Å². The number of hydrogen-bond acceptors (Lipinski definition) is 4. The molecule has 2 amide bonds. The summed E-state index contributed by atoms with van der Waals surface area (Å²) in [6.45, 7) is 0. The van der Waals surface area contributed by atoms with Crippen molar-refractivity contribution in [3.63, 3.8) is 0 Å². The number of halogens is 1. The molecule has 136 valence electrons. The molecule has 7 nitrogen and oxygen atoms in total. The number of amides is 2. The van der Waals surface area contributed by atoms with Gasteiger partial charge in [-0.05, 0) is 42.5 Å². The van der Waals surface area contributed by atoms with Crippen molar-refractivity contribution in [3.8, 4) is 0 Å². The molecule has 0 saturated carbocycles. The third-order valence-electron chi connectivity index (χ3n) is 3.75. The number of nitrogens with one attached hydrogen (secondary N) is 2. The van der Waals surface area contributed by atoms with E-state index in [-0.39, 0.29) is 11.5 Å². The lowest BCUT2D eigenvalue weighted by molar-refractivity contribution is 0.0956.